The van der Waals surface area contributed by atoms with E-state index >= 15 is 0 Å². The van der Waals surface area contributed by atoms with Crippen LogP contribution in [0.2, 0.25) is 0 Å². The molecular formula is C15H17N3O3. The maximum Gasteiger partial charge on any atom is 0.334 e. The van der Waals surface area contributed by atoms with Gasteiger partial charge in [0.25, 0.3) is 0 Å². The third kappa shape index (κ3) is 3.29. The number of hydrogen-bond acceptors (Lipinski definition) is 4. The van der Waals surface area contributed by atoms with Crippen molar-refractivity contribution in [1.29, 1.82) is 0 Å². The minimum Gasteiger partial charge on any atom is -0.479 e. The first-order chi connectivity index (χ1) is 10.2. The average molecular weight is 287 g/mol. The molecule has 6 heteroatoms. The van der Waals surface area contributed by atoms with Crippen molar-refractivity contribution in [3.05, 3.63) is 48.3 Å². The molecule has 2 heterocycles. The lowest BCUT2D eigenvalue weighted by Crippen LogP contribution is -2.45. The molecule has 1 aliphatic heterocycles. The van der Waals surface area contributed by atoms with Gasteiger partial charge in [-0.05, 0) is 12.1 Å². The first-order valence-corrected chi connectivity index (χ1v) is 6.88. The summed E-state index contributed by atoms with van der Waals surface area (Å²) in [7, 11) is 0. The number of carbonyl (C=O) groups is 1. The number of nitrogens with zero attached hydrogens (tertiary/aromatic N) is 3. The van der Waals surface area contributed by atoms with E-state index in [-0.39, 0.29) is 0 Å². The molecule has 1 aromatic carbocycles. The molecule has 21 heavy (non-hydrogen) atoms. The Balaban J connectivity index is 1.66. The Labute approximate surface area is 122 Å². The van der Waals surface area contributed by atoms with Gasteiger partial charge in [0, 0.05) is 31.4 Å². The maximum absolute atomic E-state index is 11.0. The van der Waals surface area contributed by atoms with Crippen LogP contribution in [0.4, 0.5) is 0 Å². The van der Waals surface area contributed by atoms with Crippen molar-refractivity contribution in [1.82, 2.24) is 14.7 Å². The number of morpholine rings is 1. The monoisotopic (exact) mass is 287 g/mol. The van der Waals surface area contributed by atoms with Crippen LogP contribution in [-0.2, 0) is 16.1 Å². The highest BCUT2D eigenvalue weighted by Gasteiger charge is 2.26. The molecule has 1 aromatic heterocycles. The number of hydrogen-bond donors (Lipinski definition) is 1. The van der Waals surface area contributed by atoms with Crippen LogP contribution in [0.25, 0.3) is 5.69 Å². The van der Waals surface area contributed by atoms with Gasteiger partial charge in [0.05, 0.1) is 18.5 Å². The molecule has 0 saturated carbocycles. The summed E-state index contributed by atoms with van der Waals surface area (Å²) in [5.74, 6) is -0.903. The number of aliphatic carboxylic acids is 1. The highest BCUT2D eigenvalue weighted by atomic mass is 16.5. The number of benzene rings is 1. The van der Waals surface area contributed by atoms with Gasteiger partial charge >= 0.3 is 5.97 Å². The van der Waals surface area contributed by atoms with E-state index in [1.165, 1.54) is 0 Å². The quantitative estimate of drug-likeness (QED) is 0.914. The highest BCUT2D eigenvalue weighted by Crippen LogP contribution is 2.12. The van der Waals surface area contributed by atoms with Crippen molar-refractivity contribution in [2.75, 3.05) is 19.7 Å². The lowest BCUT2D eigenvalue weighted by atomic mass is 10.2. The molecule has 1 aliphatic rings. The van der Waals surface area contributed by atoms with Gasteiger partial charge in [-0.25, -0.2) is 9.48 Å². The van der Waals surface area contributed by atoms with E-state index in [9.17, 15) is 4.79 Å². The van der Waals surface area contributed by atoms with Gasteiger partial charge in [-0.1, -0.05) is 18.2 Å². The number of carboxylic acids is 1. The molecule has 6 nitrogen and oxygen atoms in total. The predicted molar refractivity (Wildman–Crippen MR) is 76.2 cm³/mol. The third-order valence-electron chi connectivity index (χ3n) is 3.49. The lowest BCUT2D eigenvalue weighted by molar-refractivity contribution is -0.156. The van der Waals surface area contributed by atoms with Crippen LogP contribution in [0, 0.1) is 0 Å². The van der Waals surface area contributed by atoms with E-state index in [4.69, 9.17) is 9.84 Å². The van der Waals surface area contributed by atoms with Gasteiger partial charge in [0.1, 0.15) is 0 Å². The standard InChI is InChI=1S/C15H17N3O3/c19-15(20)14-11-17(6-7-21-14)9-12-8-16-18(10-12)13-4-2-1-3-5-13/h1-5,8,10,14H,6-7,9,11H2,(H,19,20). The zero-order valence-corrected chi connectivity index (χ0v) is 11.6. The van der Waals surface area contributed by atoms with E-state index in [1.807, 2.05) is 47.4 Å². The van der Waals surface area contributed by atoms with E-state index in [0.717, 1.165) is 17.8 Å². The Bertz CT molecular complexity index is 612. The second-order valence-corrected chi connectivity index (χ2v) is 5.06. The molecule has 1 fully saturated rings. The van der Waals surface area contributed by atoms with Crippen LogP contribution in [0.15, 0.2) is 42.7 Å². The Hall–Kier alpha value is -2.18. The minimum absolute atomic E-state index is 0.409. The number of rotatable bonds is 4. The lowest BCUT2D eigenvalue weighted by Gasteiger charge is -2.30. The first-order valence-electron chi connectivity index (χ1n) is 6.88. The van der Waals surface area contributed by atoms with Gasteiger partial charge in [0.2, 0.25) is 0 Å². The summed E-state index contributed by atoms with van der Waals surface area (Å²) in [4.78, 5) is 13.1. The van der Waals surface area contributed by atoms with Crippen molar-refractivity contribution in [3.8, 4) is 5.69 Å². The molecule has 1 atom stereocenters. The molecule has 0 amide bonds. The molecule has 1 N–H and O–H groups in total. The first kappa shape index (κ1) is 13.8. The second kappa shape index (κ2) is 6.07. The van der Waals surface area contributed by atoms with Gasteiger partial charge in [-0.3, -0.25) is 4.90 Å². The van der Waals surface area contributed by atoms with Crippen molar-refractivity contribution in [3.63, 3.8) is 0 Å². The number of carboxylic acid groups (broad SMARTS) is 1. The van der Waals surface area contributed by atoms with Crippen LogP contribution in [0.3, 0.4) is 0 Å². The predicted octanol–water partition coefficient (Wildman–Crippen LogP) is 1.16. The molecule has 2 aromatic rings. The SMILES string of the molecule is O=C(O)C1CN(Cc2cnn(-c3ccccc3)c2)CCO1. The molecule has 0 aliphatic carbocycles. The summed E-state index contributed by atoms with van der Waals surface area (Å²) in [6, 6.07) is 9.89. The van der Waals surface area contributed by atoms with Gasteiger partial charge in [-0.15, -0.1) is 0 Å². The summed E-state index contributed by atoms with van der Waals surface area (Å²) >= 11 is 0. The second-order valence-electron chi connectivity index (χ2n) is 5.06. The highest BCUT2D eigenvalue weighted by molar-refractivity contribution is 5.72. The van der Waals surface area contributed by atoms with E-state index in [0.29, 0.717) is 19.7 Å². The van der Waals surface area contributed by atoms with Gasteiger partial charge < -0.3 is 9.84 Å². The fourth-order valence-electron chi connectivity index (χ4n) is 2.42. The van der Waals surface area contributed by atoms with Crippen LogP contribution in [-0.4, -0.2) is 51.6 Å². The van der Waals surface area contributed by atoms with Crippen LogP contribution in [0.5, 0.6) is 0 Å². The molecule has 0 spiro atoms. The fraction of sp³-hybridized carbons (Fsp3) is 0.333. The normalized spacial score (nSPS) is 19.5. The molecule has 0 radical (unpaired) electrons. The molecular weight excluding hydrogens is 270 g/mol. The smallest absolute Gasteiger partial charge is 0.334 e. The van der Waals surface area contributed by atoms with E-state index in [1.54, 1.807) is 0 Å². The topological polar surface area (TPSA) is 67.6 Å². The average Bonchev–Trinajstić information content (AvgIpc) is 2.97. The molecule has 1 unspecified atom stereocenters. The molecule has 0 bridgehead atoms. The van der Waals surface area contributed by atoms with Crippen LogP contribution < -0.4 is 0 Å². The molecule has 110 valence electrons. The molecule has 1 saturated heterocycles. The summed E-state index contributed by atoms with van der Waals surface area (Å²) in [6.07, 6.45) is 3.06. The fourth-order valence-corrected chi connectivity index (χ4v) is 2.42. The largest absolute Gasteiger partial charge is 0.479 e. The zero-order valence-electron chi connectivity index (χ0n) is 11.6. The van der Waals surface area contributed by atoms with Gasteiger partial charge in [-0.2, -0.15) is 5.10 Å². The van der Waals surface area contributed by atoms with Crippen molar-refractivity contribution in [2.45, 2.75) is 12.6 Å². The van der Waals surface area contributed by atoms with Crippen molar-refractivity contribution in [2.24, 2.45) is 0 Å². The third-order valence-corrected chi connectivity index (χ3v) is 3.49. The number of aromatic nitrogens is 2. The van der Waals surface area contributed by atoms with Crippen LogP contribution >= 0.6 is 0 Å². The number of ether oxygens (including phenoxy) is 1. The Morgan fingerprint density at radius 2 is 2.19 bits per heavy atom. The minimum atomic E-state index is -0.903. The Kier molecular flexibility index (Phi) is 3.98. The van der Waals surface area contributed by atoms with E-state index in [2.05, 4.69) is 10.00 Å². The van der Waals surface area contributed by atoms with Crippen molar-refractivity contribution >= 4 is 5.97 Å². The summed E-state index contributed by atoms with van der Waals surface area (Å²) in [6.45, 7) is 2.27. The molecule has 3 rings (SSSR count). The van der Waals surface area contributed by atoms with Crippen LogP contribution in [0.1, 0.15) is 5.56 Å². The van der Waals surface area contributed by atoms with Crippen molar-refractivity contribution < 1.29 is 14.6 Å². The Morgan fingerprint density at radius 1 is 1.38 bits per heavy atom. The summed E-state index contributed by atoms with van der Waals surface area (Å²) in [5, 5.41) is 13.4. The zero-order chi connectivity index (χ0) is 14.7. The van der Waals surface area contributed by atoms with Gasteiger partial charge in [0.15, 0.2) is 6.10 Å². The number of para-hydroxylation sites is 1. The maximum atomic E-state index is 11.0. The summed E-state index contributed by atoms with van der Waals surface area (Å²) in [5.41, 5.74) is 2.07. The van der Waals surface area contributed by atoms with E-state index < -0.39 is 12.1 Å². The Morgan fingerprint density at radius 3 is 2.95 bits per heavy atom. The summed E-state index contributed by atoms with van der Waals surface area (Å²) < 4.78 is 7.04.